The van der Waals surface area contributed by atoms with Crippen LogP contribution in [0.15, 0.2) is 18.2 Å². The Morgan fingerprint density at radius 2 is 2.24 bits per heavy atom. The second-order valence-electron chi connectivity index (χ2n) is 7.24. The summed E-state index contributed by atoms with van der Waals surface area (Å²) in [5.74, 6) is 1.45. The molecule has 0 unspecified atom stereocenters. The lowest BCUT2D eigenvalue weighted by atomic mass is 9.80. The SMILES string of the molecule is COc1cccc2[nH]c(C[C@H]3CN(C(C)C)CC[C@H]3CC(=O)O)nc12. The molecule has 2 aromatic rings. The quantitative estimate of drug-likeness (QED) is 0.841. The zero-order valence-electron chi connectivity index (χ0n) is 15.2. The zero-order valence-corrected chi connectivity index (χ0v) is 15.2. The van der Waals surface area contributed by atoms with E-state index in [9.17, 15) is 9.90 Å². The van der Waals surface area contributed by atoms with Crippen molar-refractivity contribution in [1.29, 1.82) is 0 Å². The van der Waals surface area contributed by atoms with E-state index in [0.717, 1.165) is 48.5 Å². The summed E-state index contributed by atoms with van der Waals surface area (Å²) in [6.07, 6.45) is 1.93. The van der Waals surface area contributed by atoms with E-state index in [-0.39, 0.29) is 12.3 Å². The first kappa shape index (κ1) is 17.7. The molecule has 1 aromatic carbocycles. The van der Waals surface area contributed by atoms with Gasteiger partial charge in [0.25, 0.3) is 0 Å². The van der Waals surface area contributed by atoms with Gasteiger partial charge in [0.15, 0.2) is 0 Å². The van der Waals surface area contributed by atoms with Gasteiger partial charge in [-0.25, -0.2) is 4.98 Å². The minimum absolute atomic E-state index is 0.197. The third kappa shape index (κ3) is 3.95. The molecular weight excluding hydrogens is 318 g/mol. The predicted molar refractivity (Wildman–Crippen MR) is 96.9 cm³/mol. The summed E-state index contributed by atoms with van der Waals surface area (Å²) in [7, 11) is 1.65. The van der Waals surface area contributed by atoms with Gasteiger partial charge in [0.2, 0.25) is 0 Å². The first-order chi connectivity index (χ1) is 12.0. The number of carboxylic acids is 1. The molecule has 0 radical (unpaired) electrons. The maximum atomic E-state index is 11.3. The molecule has 1 aromatic heterocycles. The van der Waals surface area contributed by atoms with Crippen molar-refractivity contribution in [2.75, 3.05) is 20.2 Å². The number of aliphatic carboxylic acids is 1. The smallest absolute Gasteiger partial charge is 0.303 e. The number of nitrogens with one attached hydrogen (secondary N) is 1. The Bertz CT molecular complexity index is 741. The number of carboxylic acid groups (broad SMARTS) is 1. The van der Waals surface area contributed by atoms with Crippen LogP contribution in [0.3, 0.4) is 0 Å². The molecule has 2 N–H and O–H groups in total. The fourth-order valence-electron chi connectivity index (χ4n) is 3.87. The number of aromatic amines is 1. The molecule has 25 heavy (non-hydrogen) atoms. The Morgan fingerprint density at radius 1 is 1.44 bits per heavy atom. The van der Waals surface area contributed by atoms with Gasteiger partial charge in [-0.15, -0.1) is 0 Å². The lowest BCUT2D eigenvalue weighted by Gasteiger charge is -2.40. The molecule has 1 fully saturated rings. The number of nitrogens with zero attached hydrogens (tertiary/aromatic N) is 2. The molecule has 0 bridgehead atoms. The molecule has 6 nitrogen and oxygen atoms in total. The lowest BCUT2D eigenvalue weighted by molar-refractivity contribution is -0.139. The Kier molecular flexibility index (Phi) is 5.27. The van der Waals surface area contributed by atoms with Crippen molar-refractivity contribution in [3.05, 3.63) is 24.0 Å². The van der Waals surface area contributed by atoms with Crippen molar-refractivity contribution in [2.24, 2.45) is 11.8 Å². The third-order valence-electron chi connectivity index (χ3n) is 5.29. The van der Waals surface area contributed by atoms with Crippen LogP contribution in [0.4, 0.5) is 0 Å². The Morgan fingerprint density at radius 3 is 2.92 bits per heavy atom. The number of benzene rings is 1. The summed E-state index contributed by atoms with van der Waals surface area (Å²) < 4.78 is 5.38. The highest BCUT2D eigenvalue weighted by Gasteiger charge is 2.32. The number of para-hydroxylation sites is 1. The molecule has 0 amide bonds. The van der Waals surface area contributed by atoms with Crippen LogP contribution < -0.4 is 4.74 Å². The summed E-state index contributed by atoms with van der Waals surface area (Å²) in [5, 5.41) is 9.25. The first-order valence-electron chi connectivity index (χ1n) is 8.95. The number of carbonyl (C=O) groups is 1. The monoisotopic (exact) mass is 345 g/mol. The van der Waals surface area contributed by atoms with Gasteiger partial charge in [-0.1, -0.05) is 6.07 Å². The molecule has 2 heterocycles. The van der Waals surface area contributed by atoms with Crippen molar-refractivity contribution in [3.8, 4) is 5.75 Å². The summed E-state index contributed by atoms with van der Waals surface area (Å²) in [6.45, 7) is 6.28. The number of hydrogen-bond donors (Lipinski definition) is 2. The van der Waals surface area contributed by atoms with Crippen molar-refractivity contribution in [2.45, 2.75) is 39.2 Å². The Labute approximate surface area is 148 Å². The van der Waals surface area contributed by atoms with E-state index in [2.05, 4.69) is 23.7 Å². The Hall–Kier alpha value is -2.08. The fourth-order valence-corrected chi connectivity index (χ4v) is 3.87. The van der Waals surface area contributed by atoms with E-state index >= 15 is 0 Å². The number of aromatic nitrogens is 2. The van der Waals surface area contributed by atoms with Crippen LogP contribution in [0.1, 0.15) is 32.5 Å². The molecule has 1 saturated heterocycles. The second kappa shape index (κ2) is 7.44. The number of likely N-dealkylation sites (tertiary alicyclic amines) is 1. The fraction of sp³-hybridized carbons (Fsp3) is 0.579. The number of rotatable bonds is 6. The maximum absolute atomic E-state index is 11.3. The van der Waals surface area contributed by atoms with Crippen LogP contribution in [0.25, 0.3) is 11.0 Å². The van der Waals surface area contributed by atoms with Crippen LogP contribution in [0, 0.1) is 11.8 Å². The van der Waals surface area contributed by atoms with Crippen LogP contribution in [0.2, 0.25) is 0 Å². The molecular formula is C19H27N3O3. The number of imidazole rings is 1. The number of fused-ring (bicyclic) bond motifs is 1. The van der Waals surface area contributed by atoms with Gasteiger partial charge in [0.05, 0.1) is 12.6 Å². The third-order valence-corrected chi connectivity index (χ3v) is 5.29. The first-order valence-corrected chi connectivity index (χ1v) is 8.95. The highest BCUT2D eigenvalue weighted by atomic mass is 16.5. The largest absolute Gasteiger partial charge is 0.494 e. The number of hydrogen-bond acceptors (Lipinski definition) is 4. The van der Waals surface area contributed by atoms with Crippen molar-refractivity contribution in [3.63, 3.8) is 0 Å². The predicted octanol–water partition coefficient (Wildman–Crippen LogP) is 2.94. The van der Waals surface area contributed by atoms with E-state index < -0.39 is 5.97 Å². The van der Waals surface area contributed by atoms with E-state index in [1.54, 1.807) is 7.11 Å². The lowest BCUT2D eigenvalue weighted by Crippen LogP contribution is -2.45. The highest BCUT2D eigenvalue weighted by Crippen LogP contribution is 2.31. The summed E-state index contributed by atoms with van der Waals surface area (Å²) >= 11 is 0. The van der Waals surface area contributed by atoms with E-state index in [0.29, 0.717) is 12.0 Å². The standard InChI is InChI=1S/C19H27N3O3/c1-12(2)22-8-7-13(10-18(23)24)14(11-22)9-17-20-15-5-4-6-16(25-3)19(15)21-17/h4-6,12-14H,7-11H2,1-3H3,(H,20,21)(H,23,24)/t13-,14-/m0/s1. The minimum atomic E-state index is -0.709. The number of methoxy groups -OCH3 is 1. The molecule has 6 heteroatoms. The van der Waals surface area contributed by atoms with Gasteiger partial charge < -0.3 is 19.7 Å². The molecule has 0 saturated carbocycles. The topological polar surface area (TPSA) is 78.5 Å². The van der Waals surface area contributed by atoms with E-state index in [1.165, 1.54) is 0 Å². The summed E-state index contributed by atoms with van der Waals surface area (Å²) in [6, 6.07) is 6.31. The number of H-pyrrole nitrogens is 1. The molecule has 0 aliphatic carbocycles. The van der Waals surface area contributed by atoms with Crippen molar-refractivity contribution < 1.29 is 14.6 Å². The van der Waals surface area contributed by atoms with Crippen LogP contribution >= 0.6 is 0 Å². The van der Waals surface area contributed by atoms with Crippen molar-refractivity contribution >= 4 is 17.0 Å². The average Bonchev–Trinajstić information content (AvgIpc) is 2.98. The molecule has 136 valence electrons. The van der Waals surface area contributed by atoms with Crippen molar-refractivity contribution in [1.82, 2.24) is 14.9 Å². The Balaban J connectivity index is 1.82. The van der Waals surface area contributed by atoms with Gasteiger partial charge in [-0.2, -0.15) is 0 Å². The molecule has 0 spiro atoms. The maximum Gasteiger partial charge on any atom is 0.303 e. The van der Waals surface area contributed by atoms with Gasteiger partial charge in [0.1, 0.15) is 17.1 Å². The van der Waals surface area contributed by atoms with Gasteiger partial charge >= 0.3 is 5.97 Å². The van der Waals surface area contributed by atoms with Gasteiger partial charge in [-0.3, -0.25) is 4.79 Å². The van der Waals surface area contributed by atoms with Crippen LogP contribution in [-0.2, 0) is 11.2 Å². The molecule has 1 aliphatic rings. The minimum Gasteiger partial charge on any atom is -0.494 e. The normalized spacial score (nSPS) is 21.8. The van der Waals surface area contributed by atoms with Gasteiger partial charge in [0, 0.05) is 25.4 Å². The number of ether oxygens (including phenoxy) is 1. The highest BCUT2D eigenvalue weighted by molar-refractivity contribution is 5.81. The van der Waals surface area contributed by atoms with Crippen LogP contribution in [-0.4, -0.2) is 52.2 Å². The van der Waals surface area contributed by atoms with Gasteiger partial charge in [-0.05, 0) is 50.8 Å². The number of piperidine rings is 1. The summed E-state index contributed by atoms with van der Waals surface area (Å²) in [4.78, 5) is 21.8. The molecule has 1 aliphatic heterocycles. The molecule has 3 rings (SSSR count). The average molecular weight is 345 g/mol. The van der Waals surface area contributed by atoms with Crippen LogP contribution in [0.5, 0.6) is 5.75 Å². The summed E-state index contributed by atoms with van der Waals surface area (Å²) in [5.41, 5.74) is 1.80. The zero-order chi connectivity index (χ0) is 18.0. The van der Waals surface area contributed by atoms with E-state index in [1.807, 2.05) is 18.2 Å². The molecule has 2 atom stereocenters. The van der Waals surface area contributed by atoms with E-state index in [4.69, 9.17) is 9.72 Å². The second-order valence-corrected chi connectivity index (χ2v) is 7.24.